The van der Waals surface area contributed by atoms with Gasteiger partial charge in [-0.05, 0) is 12.1 Å². The van der Waals surface area contributed by atoms with Gasteiger partial charge in [-0.25, -0.2) is 4.98 Å². The molecule has 0 aromatic carbocycles. The van der Waals surface area contributed by atoms with Gasteiger partial charge in [0.25, 0.3) is 5.91 Å². The van der Waals surface area contributed by atoms with Crippen molar-refractivity contribution < 1.29 is 14.6 Å². The lowest BCUT2D eigenvalue weighted by atomic mass is 9.90. The third kappa shape index (κ3) is 4.99. The topological polar surface area (TPSA) is 88.7 Å². The summed E-state index contributed by atoms with van der Waals surface area (Å²) in [5.41, 5.74) is 6.83. The Morgan fingerprint density at radius 1 is 1.48 bits per heavy atom. The minimum absolute atomic E-state index is 0.184. The van der Waals surface area contributed by atoms with Crippen molar-refractivity contribution in [2.45, 2.75) is 32.3 Å². The van der Waals surface area contributed by atoms with Crippen LogP contribution in [-0.2, 0) is 10.2 Å². The van der Waals surface area contributed by atoms with Gasteiger partial charge >= 0.3 is 0 Å². The number of methoxy groups -OCH3 is 1. The van der Waals surface area contributed by atoms with Crippen molar-refractivity contribution in [2.24, 2.45) is 0 Å². The number of aromatic nitrogens is 1. The maximum absolute atomic E-state index is 12.4. The molecule has 1 heterocycles. The summed E-state index contributed by atoms with van der Waals surface area (Å²) in [7, 11) is 3.14. The zero-order chi connectivity index (χ0) is 16.2. The van der Waals surface area contributed by atoms with E-state index < -0.39 is 6.10 Å². The third-order valence-corrected chi connectivity index (χ3v) is 3.05. The molecule has 1 aromatic heterocycles. The molecule has 0 saturated heterocycles. The number of nitrogens with two attached hydrogens (primary N) is 1. The van der Waals surface area contributed by atoms with Gasteiger partial charge < -0.3 is 20.5 Å². The quantitative estimate of drug-likeness (QED) is 0.847. The Hall–Kier alpha value is -1.66. The number of likely N-dealkylation sites (N-methyl/N-ethyl adjacent to an activating group) is 1. The number of rotatable bonds is 5. The Morgan fingerprint density at radius 2 is 2.10 bits per heavy atom. The molecule has 0 aliphatic carbocycles. The van der Waals surface area contributed by atoms with Gasteiger partial charge in [0.2, 0.25) is 0 Å². The molecule has 0 saturated carbocycles. The van der Waals surface area contributed by atoms with E-state index in [2.05, 4.69) is 4.98 Å². The van der Waals surface area contributed by atoms with Crippen LogP contribution in [0.1, 0.15) is 36.8 Å². The number of nitrogens with zero attached hydrogens (tertiary/aromatic N) is 2. The largest absolute Gasteiger partial charge is 0.389 e. The number of hydrogen-bond acceptors (Lipinski definition) is 5. The highest BCUT2D eigenvalue weighted by Crippen LogP contribution is 2.23. The van der Waals surface area contributed by atoms with Crippen LogP contribution in [0.5, 0.6) is 0 Å². The molecule has 3 N–H and O–H groups in total. The molecule has 1 atom stereocenters. The molecule has 1 amide bonds. The van der Waals surface area contributed by atoms with E-state index in [0.29, 0.717) is 11.4 Å². The molecule has 0 bridgehead atoms. The predicted molar refractivity (Wildman–Crippen MR) is 82.2 cm³/mol. The highest BCUT2D eigenvalue weighted by molar-refractivity contribution is 5.94. The van der Waals surface area contributed by atoms with E-state index >= 15 is 0 Å². The molecule has 1 aromatic rings. The number of aliphatic hydroxyl groups is 1. The van der Waals surface area contributed by atoms with Crippen LogP contribution in [0.25, 0.3) is 0 Å². The highest BCUT2D eigenvalue weighted by Gasteiger charge is 2.21. The third-order valence-electron chi connectivity index (χ3n) is 3.05. The lowest BCUT2D eigenvalue weighted by Crippen LogP contribution is -2.36. The van der Waals surface area contributed by atoms with Gasteiger partial charge in [-0.1, -0.05) is 20.8 Å². The fourth-order valence-electron chi connectivity index (χ4n) is 1.92. The van der Waals surface area contributed by atoms with E-state index in [9.17, 15) is 9.90 Å². The average molecular weight is 295 g/mol. The second kappa shape index (κ2) is 6.87. The zero-order valence-electron chi connectivity index (χ0n) is 13.4. The maximum atomic E-state index is 12.4. The number of nitrogen functional groups attached to an aromatic ring is 1. The van der Waals surface area contributed by atoms with Crippen molar-refractivity contribution in [1.82, 2.24) is 9.88 Å². The summed E-state index contributed by atoms with van der Waals surface area (Å²) in [5, 5.41) is 9.70. The second-order valence-electron chi connectivity index (χ2n) is 6.21. The maximum Gasteiger partial charge on any atom is 0.253 e. The molecule has 0 spiro atoms. The molecule has 0 aliphatic rings. The van der Waals surface area contributed by atoms with Gasteiger partial charge in [0.05, 0.1) is 12.7 Å². The van der Waals surface area contributed by atoms with Crippen molar-refractivity contribution >= 4 is 11.7 Å². The number of carbonyl (C=O) groups excluding carboxylic acids is 1. The SMILES string of the molecule is COCC(O)CN(C)C(=O)c1cc(N)nc(C(C)(C)C)c1. The molecule has 6 heteroatoms. The number of aliphatic hydroxyl groups excluding tert-OH is 1. The minimum Gasteiger partial charge on any atom is -0.389 e. The van der Waals surface area contributed by atoms with Crippen LogP contribution < -0.4 is 5.73 Å². The second-order valence-corrected chi connectivity index (χ2v) is 6.21. The highest BCUT2D eigenvalue weighted by atomic mass is 16.5. The zero-order valence-corrected chi connectivity index (χ0v) is 13.4. The monoisotopic (exact) mass is 295 g/mol. The first-order valence-corrected chi connectivity index (χ1v) is 6.85. The van der Waals surface area contributed by atoms with Crippen molar-refractivity contribution in [3.63, 3.8) is 0 Å². The van der Waals surface area contributed by atoms with Crippen LogP contribution in [0.15, 0.2) is 12.1 Å². The van der Waals surface area contributed by atoms with Crippen LogP contribution in [0, 0.1) is 0 Å². The number of anilines is 1. The Labute approximate surface area is 125 Å². The van der Waals surface area contributed by atoms with Crippen molar-refractivity contribution in [2.75, 3.05) is 33.0 Å². The van der Waals surface area contributed by atoms with Crippen LogP contribution in [0.4, 0.5) is 5.82 Å². The van der Waals surface area contributed by atoms with Crippen LogP contribution in [-0.4, -0.2) is 54.3 Å². The number of pyridine rings is 1. The normalized spacial score (nSPS) is 13.0. The van der Waals surface area contributed by atoms with Gasteiger partial charge in [0, 0.05) is 37.4 Å². The van der Waals surface area contributed by atoms with Crippen LogP contribution in [0.2, 0.25) is 0 Å². The molecule has 118 valence electrons. The first-order chi connectivity index (χ1) is 9.65. The molecule has 1 unspecified atom stereocenters. The van der Waals surface area contributed by atoms with Gasteiger partial charge in [-0.2, -0.15) is 0 Å². The fourth-order valence-corrected chi connectivity index (χ4v) is 1.92. The van der Waals surface area contributed by atoms with Gasteiger partial charge in [0.1, 0.15) is 5.82 Å². The minimum atomic E-state index is -0.717. The summed E-state index contributed by atoms with van der Waals surface area (Å²) < 4.78 is 4.85. The van der Waals surface area contributed by atoms with E-state index in [-0.39, 0.29) is 24.5 Å². The summed E-state index contributed by atoms with van der Waals surface area (Å²) >= 11 is 0. The average Bonchev–Trinajstić information content (AvgIpc) is 2.36. The summed E-state index contributed by atoms with van der Waals surface area (Å²) in [6.07, 6.45) is -0.717. The summed E-state index contributed by atoms with van der Waals surface area (Å²) in [4.78, 5) is 18.1. The lowest BCUT2D eigenvalue weighted by Gasteiger charge is -2.23. The number of hydrogen-bond donors (Lipinski definition) is 2. The van der Waals surface area contributed by atoms with E-state index in [0.717, 1.165) is 5.69 Å². The summed E-state index contributed by atoms with van der Waals surface area (Å²) in [5.74, 6) is 0.112. The predicted octanol–water partition coefficient (Wildman–Crippen LogP) is 1.04. The van der Waals surface area contributed by atoms with Crippen molar-refractivity contribution in [3.8, 4) is 0 Å². The molecular weight excluding hydrogens is 270 g/mol. The van der Waals surface area contributed by atoms with Gasteiger partial charge in [-0.3, -0.25) is 4.79 Å². The molecule has 6 nitrogen and oxygen atoms in total. The number of ether oxygens (including phenoxy) is 1. The van der Waals surface area contributed by atoms with Crippen molar-refractivity contribution in [3.05, 3.63) is 23.4 Å². The van der Waals surface area contributed by atoms with Crippen LogP contribution >= 0.6 is 0 Å². The fraction of sp³-hybridized carbons (Fsp3) is 0.600. The first kappa shape index (κ1) is 17.4. The molecule has 0 radical (unpaired) electrons. The first-order valence-electron chi connectivity index (χ1n) is 6.85. The van der Waals surface area contributed by atoms with E-state index in [4.69, 9.17) is 10.5 Å². The molecule has 0 fully saturated rings. The van der Waals surface area contributed by atoms with E-state index in [1.807, 2.05) is 20.8 Å². The standard InChI is InChI=1S/C15H25N3O3/c1-15(2,3)12-6-10(7-13(16)17-12)14(20)18(4)8-11(19)9-21-5/h6-7,11,19H,8-9H2,1-5H3,(H2,16,17). The Bertz CT molecular complexity index is 497. The summed E-state index contributed by atoms with van der Waals surface area (Å²) in [6, 6.07) is 3.30. The van der Waals surface area contributed by atoms with Crippen LogP contribution in [0.3, 0.4) is 0 Å². The Balaban J connectivity index is 2.94. The number of carbonyl (C=O) groups is 1. The number of amides is 1. The molecule has 21 heavy (non-hydrogen) atoms. The van der Waals surface area contributed by atoms with Gasteiger partial charge in [0.15, 0.2) is 0 Å². The lowest BCUT2D eigenvalue weighted by molar-refractivity contribution is 0.0380. The molecular formula is C15H25N3O3. The summed E-state index contributed by atoms with van der Waals surface area (Å²) in [6.45, 7) is 6.41. The molecule has 0 aliphatic heterocycles. The van der Waals surface area contributed by atoms with Crippen molar-refractivity contribution in [1.29, 1.82) is 0 Å². The Morgan fingerprint density at radius 3 is 2.62 bits per heavy atom. The Kier molecular flexibility index (Phi) is 5.69. The van der Waals surface area contributed by atoms with Gasteiger partial charge in [-0.15, -0.1) is 0 Å². The van der Waals surface area contributed by atoms with E-state index in [1.165, 1.54) is 12.0 Å². The van der Waals surface area contributed by atoms with E-state index in [1.54, 1.807) is 19.2 Å². The smallest absolute Gasteiger partial charge is 0.253 e. The molecule has 1 rings (SSSR count).